The van der Waals surface area contributed by atoms with Gasteiger partial charge >= 0.3 is 0 Å². The van der Waals surface area contributed by atoms with E-state index in [2.05, 4.69) is 9.88 Å². The summed E-state index contributed by atoms with van der Waals surface area (Å²) in [6.45, 7) is 3.21. The largest absolute Gasteiger partial charge is 0.345 e. The molecule has 2 rings (SSSR count). The number of hydrogen-bond acceptors (Lipinski definition) is 3. The SMILES string of the molecule is CN1CCCN(Cc2ccncc2)CC1=O. The van der Waals surface area contributed by atoms with Crippen molar-refractivity contribution in [2.45, 2.75) is 13.0 Å². The van der Waals surface area contributed by atoms with Crippen molar-refractivity contribution in [3.05, 3.63) is 30.1 Å². The minimum absolute atomic E-state index is 0.214. The van der Waals surface area contributed by atoms with Crippen LogP contribution >= 0.6 is 0 Å². The summed E-state index contributed by atoms with van der Waals surface area (Å²) in [5, 5.41) is 0. The van der Waals surface area contributed by atoms with E-state index in [1.165, 1.54) is 5.56 Å². The maximum atomic E-state index is 11.7. The first-order valence-electron chi connectivity index (χ1n) is 5.61. The van der Waals surface area contributed by atoms with Crippen molar-refractivity contribution < 1.29 is 4.79 Å². The molecule has 0 aliphatic carbocycles. The molecule has 1 aromatic rings. The molecule has 0 aromatic carbocycles. The monoisotopic (exact) mass is 219 g/mol. The fourth-order valence-corrected chi connectivity index (χ4v) is 1.93. The maximum Gasteiger partial charge on any atom is 0.236 e. The zero-order chi connectivity index (χ0) is 11.4. The molecule has 1 saturated heterocycles. The first kappa shape index (κ1) is 11.1. The summed E-state index contributed by atoms with van der Waals surface area (Å²) in [7, 11) is 1.87. The van der Waals surface area contributed by atoms with E-state index in [4.69, 9.17) is 0 Å². The van der Waals surface area contributed by atoms with Gasteiger partial charge in [0.25, 0.3) is 0 Å². The van der Waals surface area contributed by atoms with Gasteiger partial charge in [-0.05, 0) is 24.1 Å². The van der Waals surface area contributed by atoms with Crippen LogP contribution in [0.2, 0.25) is 0 Å². The molecule has 86 valence electrons. The fraction of sp³-hybridized carbons (Fsp3) is 0.500. The van der Waals surface area contributed by atoms with Crippen LogP contribution in [-0.4, -0.2) is 47.4 Å². The molecule has 0 atom stereocenters. The molecule has 1 aromatic heterocycles. The quantitative estimate of drug-likeness (QED) is 0.736. The lowest BCUT2D eigenvalue weighted by Crippen LogP contribution is -2.34. The number of pyridine rings is 1. The number of aromatic nitrogens is 1. The molecular formula is C12H17N3O. The molecule has 2 heterocycles. The van der Waals surface area contributed by atoms with Gasteiger partial charge in [-0.1, -0.05) is 0 Å². The van der Waals surface area contributed by atoms with Gasteiger partial charge in [0, 0.05) is 39.1 Å². The van der Waals surface area contributed by atoms with Crippen LogP contribution in [0, 0.1) is 0 Å². The highest BCUT2D eigenvalue weighted by Crippen LogP contribution is 2.07. The summed E-state index contributed by atoms with van der Waals surface area (Å²) in [5.41, 5.74) is 1.22. The van der Waals surface area contributed by atoms with Crippen molar-refractivity contribution in [2.75, 3.05) is 26.7 Å². The minimum Gasteiger partial charge on any atom is -0.345 e. The molecule has 4 heteroatoms. The molecule has 4 nitrogen and oxygen atoms in total. The van der Waals surface area contributed by atoms with Crippen molar-refractivity contribution in [1.29, 1.82) is 0 Å². The molecule has 0 saturated carbocycles. The van der Waals surface area contributed by atoms with Crippen molar-refractivity contribution in [1.82, 2.24) is 14.8 Å². The lowest BCUT2D eigenvalue weighted by molar-refractivity contribution is -0.129. The Balaban J connectivity index is 1.97. The Morgan fingerprint density at radius 2 is 2.06 bits per heavy atom. The van der Waals surface area contributed by atoms with Gasteiger partial charge < -0.3 is 4.90 Å². The van der Waals surface area contributed by atoms with Gasteiger partial charge in [-0.25, -0.2) is 0 Å². The number of hydrogen-bond donors (Lipinski definition) is 0. The normalized spacial score (nSPS) is 18.6. The molecule has 1 fully saturated rings. The molecule has 1 amide bonds. The van der Waals surface area contributed by atoms with Crippen molar-refractivity contribution in [3.63, 3.8) is 0 Å². The summed E-state index contributed by atoms with van der Waals surface area (Å²) in [6.07, 6.45) is 4.63. The Morgan fingerprint density at radius 1 is 1.31 bits per heavy atom. The maximum absolute atomic E-state index is 11.7. The van der Waals surface area contributed by atoms with E-state index in [0.29, 0.717) is 6.54 Å². The average Bonchev–Trinajstić information content (AvgIpc) is 2.43. The lowest BCUT2D eigenvalue weighted by Gasteiger charge is -2.19. The Kier molecular flexibility index (Phi) is 3.51. The molecule has 0 unspecified atom stereocenters. The van der Waals surface area contributed by atoms with Crippen molar-refractivity contribution in [3.8, 4) is 0 Å². The van der Waals surface area contributed by atoms with E-state index < -0.39 is 0 Å². The van der Waals surface area contributed by atoms with Gasteiger partial charge in [-0.15, -0.1) is 0 Å². The summed E-state index contributed by atoms with van der Waals surface area (Å²) < 4.78 is 0. The topological polar surface area (TPSA) is 36.4 Å². The van der Waals surface area contributed by atoms with Crippen molar-refractivity contribution >= 4 is 5.91 Å². The predicted molar refractivity (Wildman–Crippen MR) is 61.8 cm³/mol. The molecule has 0 spiro atoms. The number of carbonyl (C=O) groups is 1. The molecular weight excluding hydrogens is 202 g/mol. The Hall–Kier alpha value is -1.42. The highest BCUT2D eigenvalue weighted by atomic mass is 16.2. The van der Waals surface area contributed by atoms with E-state index in [9.17, 15) is 4.79 Å². The molecule has 1 aliphatic heterocycles. The van der Waals surface area contributed by atoms with Crippen LogP contribution < -0.4 is 0 Å². The number of likely N-dealkylation sites (N-methyl/N-ethyl adjacent to an activating group) is 1. The Morgan fingerprint density at radius 3 is 2.81 bits per heavy atom. The van der Waals surface area contributed by atoms with Crippen LogP contribution in [0.3, 0.4) is 0 Å². The van der Waals surface area contributed by atoms with Crippen LogP contribution in [-0.2, 0) is 11.3 Å². The molecule has 0 radical (unpaired) electrons. The van der Waals surface area contributed by atoms with Gasteiger partial charge in [-0.3, -0.25) is 14.7 Å². The third kappa shape index (κ3) is 2.79. The fourth-order valence-electron chi connectivity index (χ4n) is 1.93. The van der Waals surface area contributed by atoms with Crippen LogP contribution in [0.4, 0.5) is 0 Å². The molecule has 0 N–H and O–H groups in total. The Labute approximate surface area is 95.9 Å². The van der Waals surface area contributed by atoms with Crippen LogP contribution in [0.5, 0.6) is 0 Å². The lowest BCUT2D eigenvalue weighted by atomic mass is 10.2. The first-order valence-corrected chi connectivity index (χ1v) is 5.61. The molecule has 0 bridgehead atoms. The second-order valence-electron chi connectivity index (χ2n) is 4.23. The standard InChI is InChI=1S/C12H17N3O/c1-14-7-2-8-15(10-12(14)16)9-11-3-5-13-6-4-11/h3-6H,2,7-10H2,1H3. The molecule has 16 heavy (non-hydrogen) atoms. The third-order valence-electron chi connectivity index (χ3n) is 2.91. The zero-order valence-electron chi connectivity index (χ0n) is 9.59. The number of carbonyl (C=O) groups excluding carboxylic acids is 1. The minimum atomic E-state index is 0.214. The van der Waals surface area contributed by atoms with Gasteiger partial charge in [-0.2, -0.15) is 0 Å². The van der Waals surface area contributed by atoms with Gasteiger partial charge in [0.2, 0.25) is 5.91 Å². The second kappa shape index (κ2) is 5.07. The summed E-state index contributed by atoms with van der Waals surface area (Å²) in [6, 6.07) is 4.00. The number of nitrogens with zero attached hydrogens (tertiary/aromatic N) is 3. The smallest absolute Gasteiger partial charge is 0.236 e. The van der Waals surface area contributed by atoms with Gasteiger partial charge in [0.1, 0.15) is 0 Å². The summed E-state index contributed by atoms with van der Waals surface area (Å²) in [4.78, 5) is 19.7. The van der Waals surface area contributed by atoms with Crippen molar-refractivity contribution in [2.24, 2.45) is 0 Å². The van der Waals surface area contributed by atoms with Gasteiger partial charge in [0.05, 0.1) is 6.54 Å². The van der Waals surface area contributed by atoms with E-state index in [0.717, 1.165) is 26.1 Å². The predicted octanol–water partition coefficient (Wildman–Crippen LogP) is 0.746. The summed E-state index contributed by atoms with van der Waals surface area (Å²) >= 11 is 0. The Bertz CT molecular complexity index is 353. The molecule has 1 aliphatic rings. The van der Waals surface area contributed by atoms with Gasteiger partial charge in [0.15, 0.2) is 0 Å². The van der Waals surface area contributed by atoms with Crippen LogP contribution in [0.1, 0.15) is 12.0 Å². The van der Waals surface area contributed by atoms with Crippen LogP contribution in [0.25, 0.3) is 0 Å². The van der Waals surface area contributed by atoms with E-state index in [-0.39, 0.29) is 5.91 Å². The first-order chi connectivity index (χ1) is 7.75. The average molecular weight is 219 g/mol. The highest BCUT2D eigenvalue weighted by molar-refractivity contribution is 5.78. The number of amides is 1. The van der Waals surface area contributed by atoms with Crippen LogP contribution in [0.15, 0.2) is 24.5 Å². The third-order valence-corrected chi connectivity index (χ3v) is 2.91. The van der Waals surface area contributed by atoms with E-state index in [1.807, 2.05) is 24.1 Å². The van der Waals surface area contributed by atoms with E-state index in [1.54, 1.807) is 12.4 Å². The second-order valence-corrected chi connectivity index (χ2v) is 4.23. The number of rotatable bonds is 2. The van der Waals surface area contributed by atoms with E-state index >= 15 is 0 Å². The zero-order valence-corrected chi connectivity index (χ0v) is 9.59. The highest BCUT2D eigenvalue weighted by Gasteiger charge is 2.18. The summed E-state index contributed by atoms with van der Waals surface area (Å²) in [5.74, 6) is 0.214.